The Morgan fingerprint density at radius 3 is 2.58 bits per heavy atom. The Morgan fingerprint density at radius 2 is 1.83 bits per heavy atom. The minimum absolute atomic E-state index is 0.0993. The maximum atomic E-state index is 12.4. The Bertz CT molecular complexity index is 799. The zero-order valence-corrected chi connectivity index (χ0v) is 13.1. The van der Waals surface area contributed by atoms with Gasteiger partial charge in [-0.15, -0.1) is 0 Å². The van der Waals surface area contributed by atoms with Gasteiger partial charge in [0, 0.05) is 0 Å². The lowest BCUT2D eigenvalue weighted by atomic mass is 10.1. The van der Waals surface area contributed by atoms with Crippen molar-refractivity contribution in [3.8, 4) is 0 Å². The van der Waals surface area contributed by atoms with Gasteiger partial charge in [-0.2, -0.15) is 0 Å². The maximum absolute atomic E-state index is 12.4. The van der Waals surface area contributed by atoms with E-state index in [0.717, 1.165) is 5.56 Å². The van der Waals surface area contributed by atoms with Crippen molar-refractivity contribution in [2.45, 2.75) is 6.92 Å². The number of esters is 1. The summed E-state index contributed by atoms with van der Waals surface area (Å²) in [5.74, 6) is -1.30. The van der Waals surface area contributed by atoms with E-state index in [1.165, 1.54) is 4.90 Å². The molecule has 0 radical (unpaired) electrons. The molecule has 0 aliphatic carbocycles. The Hall–Kier alpha value is -3.15. The van der Waals surface area contributed by atoms with Gasteiger partial charge in [0.25, 0.3) is 5.91 Å². The van der Waals surface area contributed by atoms with Crippen molar-refractivity contribution in [1.29, 1.82) is 0 Å². The largest absolute Gasteiger partial charge is 0.452 e. The molecule has 0 saturated heterocycles. The molecule has 2 aromatic carbocycles. The summed E-state index contributed by atoms with van der Waals surface area (Å²) < 4.78 is 5.07. The first-order chi connectivity index (χ1) is 11.5. The number of carbonyl (C=O) groups excluding carboxylic acids is 3. The second kappa shape index (κ2) is 6.54. The number of ether oxygens (including phenoxy) is 1. The highest BCUT2D eigenvalue weighted by Crippen LogP contribution is 2.28. The first kappa shape index (κ1) is 15.7. The molecule has 122 valence electrons. The molecule has 0 aromatic heterocycles. The normalized spacial score (nSPS) is 13.0. The third-order valence-corrected chi connectivity index (χ3v) is 3.69. The van der Waals surface area contributed by atoms with E-state index in [9.17, 15) is 14.4 Å². The van der Waals surface area contributed by atoms with E-state index in [2.05, 4.69) is 5.32 Å². The van der Waals surface area contributed by atoms with Gasteiger partial charge in [-0.25, -0.2) is 4.79 Å². The topological polar surface area (TPSA) is 75.7 Å². The second-order valence-corrected chi connectivity index (χ2v) is 5.49. The van der Waals surface area contributed by atoms with Gasteiger partial charge in [-0.05, 0) is 31.2 Å². The van der Waals surface area contributed by atoms with Crippen molar-refractivity contribution in [3.63, 3.8) is 0 Å². The molecule has 0 bridgehead atoms. The molecule has 0 atom stereocenters. The lowest BCUT2D eigenvalue weighted by Crippen LogP contribution is -2.44. The van der Waals surface area contributed by atoms with Crippen LogP contribution in [0.4, 0.5) is 11.4 Å². The number of amides is 2. The molecule has 1 heterocycles. The van der Waals surface area contributed by atoms with Crippen molar-refractivity contribution in [2.24, 2.45) is 0 Å². The van der Waals surface area contributed by atoms with E-state index >= 15 is 0 Å². The highest BCUT2D eigenvalue weighted by Gasteiger charge is 2.27. The van der Waals surface area contributed by atoms with Gasteiger partial charge < -0.3 is 10.1 Å². The van der Waals surface area contributed by atoms with Crippen LogP contribution in [0, 0.1) is 6.92 Å². The van der Waals surface area contributed by atoms with Gasteiger partial charge in [0.05, 0.1) is 16.9 Å². The van der Waals surface area contributed by atoms with Crippen molar-refractivity contribution in [3.05, 3.63) is 59.7 Å². The minimum Gasteiger partial charge on any atom is -0.452 e. The monoisotopic (exact) mass is 324 g/mol. The zero-order valence-electron chi connectivity index (χ0n) is 13.1. The summed E-state index contributed by atoms with van der Waals surface area (Å²) in [4.78, 5) is 37.4. The smallest absolute Gasteiger partial charge is 0.338 e. The van der Waals surface area contributed by atoms with Crippen LogP contribution in [0.5, 0.6) is 0 Å². The van der Waals surface area contributed by atoms with E-state index in [0.29, 0.717) is 16.9 Å². The molecule has 6 heteroatoms. The van der Waals surface area contributed by atoms with Gasteiger partial charge in [-0.3, -0.25) is 14.5 Å². The molecule has 1 N–H and O–H groups in total. The van der Waals surface area contributed by atoms with Crippen molar-refractivity contribution >= 4 is 29.2 Å². The van der Waals surface area contributed by atoms with Gasteiger partial charge >= 0.3 is 5.97 Å². The molecule has 2 amide bonds. The van der Waals surface area contributed by atoms with Gasteiger partial charge in [-0.1, -0.05) is 29.8 Å². The number of fused-ring (bicyclic) bond motifs is 1. The third-order valence-electron chi connectivity index (χ3n) is 3.69. The second-order valence-electron chi connectivity index (χ2n) is 5.49. The predicted octanol–water partition coefficient (Wildman–Crippen LogP) is 2.14. The van der Waals surface area contributed by atoms with E-state index in [4.69, 9.17) is 4.74 Å². The number of hydrogen-bond acceptors (Lipinski definition) is 4. The summed E-state index contributed by atoms with van der Waals surface area (Å²) in [6.45, 7) is 1.39. The van der Waals surface area contributed by atoms with Crippen LogP contribution in [0.2, 0.25) is 0 Å². The average molecular weight is 324 g/mol. The fraction of sp³-hybridized carbons (Fsp3) is 0.167. The summed E-state index contributed by atoms with van der Waals surface area (Å²) in [6.07, 6.45) is 0. The first-order valence-corrected chi connectivity index (χ1v) is 7.47. The van der Waals surface area contributed by atoms with Crippen LogP contribution in [-0.2, 0) is 14.3 Å². The van der Waals surface area contributed by atoms with E-state index in [1.54, 1.807) is 48.5 Å². The first-order valence-electron chi connectivity index (χ1n) is 7.47. The molecule has 3 rings (SSSR count). The number of anilines is 2. The number of benzene rings is 2. The molecule has 1 aliphatic rings. The molecule has 0 saturated carbocycles. The van der Waals surface area contributed by atoms with E-state index in [-0.39, 0.29) is 12.5 Å². The number of hydrogen-bond donors (Lipinski definition) is 1. The van der Waals surface area contributed by atoms with Crippen LogP contribution in [0.3, 0.4) is 0 Å². The SMILES string of the molecule is Cc1ccc(C(=O)OCC(=O)N2CC(=O)Nc3ccccc32)cc1. The molecular weight excluding hydrogens is 308 g/mol. The molecule has 0 spiro atoms. The highest BCUT2D eigenvalue weighted by atomic mass is 16.5. The van der Waals surface area contributed by atoms with Gasteiger partial charge in [0.2, 0.25) is 5.91 Å². The molecule has 6 nitrogen and oxygen atoms in total. The molecule has 2 aromatic rings. The number of rotatable bonds is 3. The number of carbonyl (C=O) groups is 3. The molecule has 0 unspecified atom stereocenters. The van der Waals surface area contributed by atoms with E-state index in [1.807, 2.05) is 6.92 Å². The van der Waals surface area contributed by atoms with Crippen LogP contribution >= 0.6 is 0 Å². The average Bonchev–Trinajstić information content (AvgIpc) is 2.59. The standard InChI is InChI=1S/C18H16N2O4/c1-12-6-8-13(9-7-12)18(23)24-11-17(22)20-10-16(21)19-14-4-2-3-5-15(14)20/h2-9H,10-11H2,1H3,(H,19,21). The summed E-state index contributed by atoms with van der Waals surface area (Å²) in [7, 11) is 0. The van der Waals surface area contributed by atoms with Crippen molar-refractivity contribution in [2.75, 3.05) is 23.4 Å². The van der Waals surface area contributed by atoms with Gasteiger partial charge in [0.15, 0.2) is 6.61 Å². The lowest BCUT2D eigenvalue weighted by Gasteiger charge is -2.28. The summed E-state index contributed by atoms with van der Waals surface area (Å²) in [5, 5.41) is 2.70. The Kier molecular flexibility index (Phi) is 4.29. The molecule has 1 aliphatic heterocycles. The highest BCUT2D eigenvalue weighted by molar-refractivity contribution is 6.10. The fourth-order valence-corrected chi connectivity index (χ4v) is 2.43. The van der Waals surface area contributed by atoms with Crippen molar-refractivity contribution in [1.82, 2.24) is 0 Å². The number of nitrogens with zero attached hydrogens (tertiary/aromatic N) is 1. The number of para-hydroxylation sites is 2. The number of nitrogens with one attached hydrogen (secondary N) is 1. The van der Waals surface area contributed by atoms with Crippen LogP contribution in [-0.4, -0.2) is 30.9 Å². The quantitative estimate of drug-likeness (QED) is 0.878. The minimum atomic E-state index is -0.571. The summed E-state index contributed by atoms with van der Waals surface area (Å²) in [6, 6.07) is 13.9. The van der Waals surface area contributed by atoms with Crippen LogP contribution in [0.15, 0.2) is 48.5 Å². The lowest BCUT2D eigenvalue weighted by molar-refractivity contribution is -0.124. The van der Waals surface area contributed by atoms with Crippen LogP contribution < -0.4 is 10.2 Å². The summed E-state index contributed by atoms with van der Waals surface area (Å²) >= 11 is 0. The van der Waals surface area contributed by atoms with Crippen molar-refractivity contribution < 1.29 is 19.1 Å². The molecule has 24 heavy (non-hydrogen) atoms. The Labute approximate surface area is 139 Å². The van der Waals surface area contributed by atoms with Crippen LogP contribution in [0.25, 0.3) is 0 Å². The molecular formula is C18H16N2O4. The van der Waals surface area contributed by atoms with Crippen LogP contribution in [0.1, 0.15) is 15.9 Å². The Morgan fingerprint density at radius 1 is 1.12 bits per heavy atom. The molecule has 0 fully saturated rings. The van der Waals surface area contributed by atoms with E-state index < -0.39 is 18.5 Å². The predicted molar refractivity (Wildman–Crippen MR) is 88.9 cm³/mol. The summed E-state index contributed by atoms with van der Waals surface area (Å²) in [5.41, 5.74) is 2.56. The third kappa shape index (κ3) is 3.27. The Balaban J connectivity index is 1.68. The fourth-order valence-electron chi connectivity index (χ4n) is 2.43. The zero-order chi connectivity index (χ0) is 17.1. The number of aryl methyl sites for hydroxylation is 1. The maximum Gasteiger partial charge on any atom is 0.338 e. The van der Waals surface area contributed by atoms with Gasteiger partial charge in [0.1, 0.15) is 6.54 Å².